The smallest absolute Gasteiger partial charge is 0.464 e. The largest absolute Gasteiger partial charge is 0.490 e. The molecule has 0 spiro atoms. The Morgan fingerprint density at radius 2 is 2.04 bits per heavy atom. The number of hydrogen-bond acceptors (Lipinski definition) is 6. The van der Waals surface area contributed by atoms with E-state index in [4.69, 9.17) is 34.2 Å². The highest BCUT2D eigenvalue weighted by molar-refractivity contribution is 6.63. The number of carbonyl (C=O) groups excluding carboxylic acids is 1. The molecule has 0 saturated heterocycles. The van der Waals surface area contributed by atoms with Crippen LogP contribution >= 0.6 is 23.2 Å². The third-order valence-electron chi connectivity index (χ3n) is 3.15. The Bertz CT molecular complexity index is 830. The molecule has 23 heavy (non-hydrogen) atoms. The summed E-state index contributed by atoms with van der Waals surface area (Å²) < 4.78 is 5.90. The van der Waals surface area contributed by atoms with E-state index in [0.717, 1.165) is 7.11 Å². The minimum absolute atomic E-state index is 0.0207. The van der Waals surface area contributed by atoms with Crippen LogP contribution in [0.3, 0.4) is 0 Å². The number of nitrogens with two attached hydrogens (primary N) is 1. The van der Waals surface area contributed by atoms with Crippen molar-refractivity contribution >= 4 is 47.4 Å². The lowest BCUT2D eigenvalue weighted by Gasteiger charge is -2.13. The molecule has 118 valence electrons. The summed E-state index contributed by atoms with van der Waals surface area (Å²) >= 11 is 12.0. The van der Waals surface area contributed by atoms with E-state index in [1.54, 1.807) is 0 Å². The third-order valence-corrected chi connectivity index (χ3v) is 3.78. The van der Waals surface area contributed by atoms with Gasteiger partial charge in [0.2, 0.25) is 0 Å². The predicted molar refractivity (Wildman–Crippen MR) is 86.1 cm³/mol. The average molecular weight is 354 g/mol. The molecule has 1 heterocycles. The Hall–Kier alpha value is -2.18. The highest BCUT2D eigenvalue weighted by Gasteiger charge is 2.25. The number of nitrogens with zero attached hydrogens (tertiary/aromatic N) is 2. The number of methoxy groups -OCH3 is 1. The van der Waals surface area contributed by atoms with E-state index in [-0.39, 0.29) is 38.1 Å². The Morgan fingerprint density at radius 3 is 2.57 bits per heavy atom. The van der Waals surface area contributed by atoms with Gasteiger partial charge in [-0.15, -0.1) is 0 Å². The first-order valence-electron chi connectivity index (χ1n) is 6.16. The first-order chi connectivity index (χ1) is 10.8. The number of benzene rings is 1. The van der Waals surface area contributed by atoms with Gasteiger partial charge in [-0.05, 0) is 12.1 Å². The minimum Gasteiger partial charge on any atom is -0.464 e. The van der Waals surface area contributed by atoms with Crippen LogP contribution in [0.5, 0.6) is 0 Å². The van der Waals surface area contributed by atoms with Gasteiger partial charge in [0.15, 0.2) is 5.69 Å². The number of ether oxygens (including phenoxy) is 1. The molecular weight excluding hydrogens is 344 g/mol. The predicted octanol–water partition coefficient (Wildman–Crippen LogP) is 0.704. The zero-order chi connectivity index (χ0) is 17.3. The fourth-order valence-corrected chi connectivity index (χ4v) is 2.61. The lowest BCUT2D eigenvalue weighted by molar-refractivity contribution is 0.0593. The maximum absolute atomic E-state index is 12.0. The van der Waals surface area contributed by atoms with E-state index in [1.165, 1.54) is 22.9 Å². The zero-order valence-electron chi connectivity index (χ0n) is 11.7. The quantitative estimate of drug-likeness (QED) is 0.551. The molecule has 0 unspecified atom stereocenters. The fourth-order valence-electron chi connectivity index (χ4n) is 2.04. The van der Waals surface area contributed by atoms with Crippen molar-refractivity contribution in [2.75, 3.05) is 12.8 Å². The van der Waals surface area contributed by atoms with E-state index in [2.05, 4.69) is 4.74 Å². The molecule has 2 rings (SSSR count). The summed E-state index contributed by atoms with van der Waals surface area (Å²) in [6, 6.07) is 4.42. The second-order valence-electron chi connectivity index (χ2n) is 4.48. The minimum atomic E-state index is -1.84. The number of rotatable bonds is 3. The molecule has 1 aromatic heterocycles. The van der Waals surface area contributed by atoms with Crippen LogP contribution in [0, 0.1) is 11.3 Å². The summed E-state index contributed by atoms with van der Waals surface area (Å²) in [7, 11) is -0.680. The van der Waals surface area contributed by atoms with Gasteiger partial charge in [0, 0.05) is 16.7 Å². The van der Waals surface area contributed by atoms with E-state index < -0.39 is 13.1 Å². The van der Waals surface area contributed by atoms with E-state index in [1.807, 2.05) is 6.07 Å². The van der Waals surface area contributed by atoms with Crippen LogP contribution in [-0.4, -0.2) is 34.8 Å². The van der Waals surface area contributed by atoms with Gasteiger partial charge in [0.1, 0.15) is 6.07 Å². The van der Waals surface area contributed by atoms with Gasteiger partial charge in [-0.3, -0.25) is 0 Å². The monoisotopic (exact) mass is 353 g/mol. The molecule has 0 fully saturated rings. The summed E-state index contributed by atoms with van der Waals surface area (Å²) in [5.74, 6) is -0.777. The van der Waals surface area contributed by atoms with Gasteiger partial charge < -0.3 is 25.1 Å². The summed E-state index contributed by atoms with van der Waals surface area (Å²) in [6.07, 6.45) is 1.30. The first-order valence-corrected chi connectivity index (χ1v) is 6.92. The fraction of sp³-hybridized carbons (Fsp3) is 0.0769. The molecular formula is C13H10BCl2N3O4. The number of halogens is 2. The van der Waals surface area contributed by atoms with Crippen molar-refractivity contribution in [3.63, 3.8) is 0 Å². The molecule has 0 saturated carbocycles. The number of nitriles is 1. The highest BCUT2D eigenvalue weighted by Crippen LogP contribution is 2.29. The number of nitrogen functional groups attached to an aromatic ring is 1. The van der Waals surface area contributed by atoms with Crippen molar-refractivity contribution < 1.29 is 19.6 Å². The molecule has 0 aliphatic heterocycles. The van der Waals surface area contributed by atoms with Crippen molar-refractivity contribution in [2.24, 2.45) is 0 Å². The van der Waals surface area contributed by atoms with Crippen LogP contribution in [0.25, 0.3) is 5.69 Å². The SMILES string of the molecule is COC(=O)c1c(N)c(C#N)cn1-c1cc(B(O)O)c(Cl)cc1Cl. The van der Waals surface area contributed by atoms with E-state index in [9.17, 15) is 14.8 Å². The van der Waals surface area contributed by atoms with E-state index in [0.29, 0.717) is 0 Å². The molecule has 1 aromatic carbocycles. The van der Waals surface area contributed by atoms with Crippen molar-refractivity contribution in [1.29, 1.82) is 5.26 Å². The molecule has 2 aromatic rings. The second kappa shape index (κ2) is 6.52. The van der Waals surface area contributed by atoms with Gasteiger partial charge in [0.05, 0.1) is 29.1 Å². The van der Waals surface area contributed by atoms with Crippen molar-refractivity contribution in [2.45, 2.75) is 0 Å². The molecule has 7 nitrogen and oxygen atoms in total. The van der Waals surface area contributed by atoms with Gasteiger partial charge >= 0.3 is 13.1 Å². The van der Waals surface area contributed by atoms with E-state index >= 15 is 0 Å². The Morgan fingerprint density at radius 1 is 1.39 bits per heavy atom. The second-order valence-corrected chi connectivity index (χ2v) is 5.29. The lowest BCUT2D eigenvalue weighted by Crippen LogP contribution is -2.31. The molecule has 0 atom stereocenters. The summed E-state index contributed by atoms with van der Waals surface area (Å²) in [4.78, 5) is 12.0. The Kier molecular flexibility index (Phi) is 4.87. The topological polar surface area (TPSA) is 122 Å². The van der Waals surface area contributed by atoms with Crippen molar-refractivity contribution in [3.8, 4) is 11.8 Å². The van der Waals surface area contributed by atoms with Gasteiger partial charge in [-0.25, -0.2) is 4.79 Å². The molecule has 0 aliphatic carbocycles. The van der Waals surface area contributed by atoms with Gasteiger partial charge in [-0.1, -0.05) is 23.2 Å². The van der Waals surface area contributed by atoms with Crippen LogP contribution in [0.2, 0.25) is 10.0 Å². The third kappa shape index (κ3) is 3.00. The maximum Gasteiger partial charge on any atom is 0.490 e. The number of carbonyl (C=O) groups is 1. The summed E-state index contributed by atoms with van der Waals surface area (Å²) in [5, 5.41) is 27.9. The van der Waals surface area contributed by atoms with Crippen LogP contribution in [-0.2, 0) is 4.74 Å². The highest BCUT2D eigenvalue weighted by atomic mass is 35.5. The van der Waals surface area contributed by atoms with Crippen LogP contribution < -0.4 is 11.2 Å². The molecule has 0 aliphatic rings. The number of aromatic nitrogens is 1. The number of hydrogen-bond donors (Lipinski definition) is 3. The van der Waals surface area contributed by atoms with Crippen molar-refractivity contribution in [1.82, 2.24) is 4.57 Å². The normalized spacial score (nSPS) is 10.3. The number of esters is 1. The molecule has 10 heteroatoms. The zero-order valence-corrected chi connectivity index (χ0v) is 13.3. The molecule has 0 radical (unpaired) electrons. The summed E-state index contributed by atoms with van der Waals surface area (Å²) in [5.41, 5.74) is 5.83. The standard InChI is InChI=1S/C13H10BCl2N3O4/c1-23-13(20)12-11(18)6(4-17)5-19(12)10-2-7(14(21)22)8(15)3-9(10)16/h2-3,5,21-22H,18H2,1H3. The maximum atomic E-state index is 12.0. The lowest BCUT2D eigenvalue weighted by atomic mass is 9.80. The molecule has 4 N–H and O–H groups in total. The molecule has 0 amide bonds. The Labute approximate surface area is 141 Å². The number of anilines is 1. The van der Waals surface area contributed by atoms with Crippen molar-refractivity contribution in [3.05, 3.63) is 39.6 Å². The van der Waals surface area contributed by atoms with Gasteiger partial charge in [-0.2, -0.15) is 5.26 Å². The van der Waals surface area contributed by atoms with Crippen LogP contribution in [0.1, 0.15) is 16.1 Å². The summed E-state index contributed by atoms with van der Waals surface area (Å²) in [6.45, 7) is 0. The van der Waals surface area contributed by atoms with Crippen LogP contribution in [0.4, 0.5) is 5.69 Å². The van der Waals surface area contributed by atoms with Gasteiger partial charge in [0.25, 0.3) is 0 Å². The molecule has 0 bridgehead atoms. The Balaban J connectivity index is 2.79. The van der Waals surface area contributed by atoms with Crippen LogP contribution in [0.15, 0.2) is 18.3 Å². The first kappa shape index (κ1) is 17.2. The average Bonchev–Trinajstić information content (AvgIpc) is 2.82.